The van der Waals surface area contributed by atoms with E-state index in [0.717, 1.165) is 35.9 Å². The number of pyridine rings is 1. The number of nitrogens with zero attached hydrogens (tertiary/aromatic N) is 5. The van der Waals surface area contributed by atoms with Crippen LogP contribution in [0.1, 0.15) is 48.0 Å². The summed E-state index contributed by atoms with van der Waals surface area (Å²) in [5, 5.41) is 19.0. The zero-order valence-electron chi connectivity index (χ0n) is 18.3. The molecule has 0 aliphatic heterocycles. The van der Waals surface area contributed by atoms with Gasteiger partial charge in [-0.25, -0.2) is 4.98 Å². The van der Waals surface area contributed by atoms with Crippen LogP contribution in [-0.4, -0.2) is 37.0 Å². The van der Waals surface area contributed by atoms with Crippen molar-refractivity contribution >= 4 is 10.9 Å². The quantitative estimate of drug-likeness (QED) is 0.450. The topological polar surface area (TPSA) is 84.3 Å². The largest absolute Gasteiger partial charge is 0.433 e. The van der Waals surface area contributed by atoms with Crippen LogP contribution < -0.4 is 5.32 Å². The summed E-state index contributed by atoms with van der Waals surface area (Å²) in [6, 6.07) is 8.93. The summed E-state index contributed by atoms with van der Waals surface area (Å²) in [4.78, 5) is 3.82. The maximum absolute atomic E-state index is 13.5. The van der Waals surface area contributed by atoms with Gasteiger partial charge in [0.15, 0.2) is 0 Å². The lowest BCUT2D eigenvalue weighted by Crippen LogP contribution is -2.24. The third-order valence-corrected chi connectivity index (χ3v) is 6.43. The van der Waals surface area contributed by atoms with Crippen LogP contribution in [-0.2, 0) is 19.8 Å². The van der Waals surface area contributed by atoms with Gasteiger partial charge in [-0.2, -0.15) is 18.3 Å². The summed E-state index contributed by atoms with van der Waals surface area (Å²) < 4.78 is 42.6. The zero-order valence-corrected chi connectivity index (χ0v) is 18.3. The minimum absolute atomic E-state index is 0.0728. The first kappa shape index (κ1) is 21.6. The van der Waals surface area contributed by atoms with Gasteiger partial charge in [0.1, 0.15) is 23.5 Å². The lowest BCUT2D eigenvalue weighted by molar-refractivity contribution is -0.141. The first-order chi connectivity index (χ1) is 15.9. The van der Waals surface area contributed by atoms with Crippen molar-refractivity contribution in [1.82, 2.24) is 35.3 Å². The van der Waals surface area contributed by atoms with Gasteiger partial charge in [-0.15, -0.1) is 10.2 Å². The molecule has 5 rings (SSSR count). The molecule has 3 heterocycles. The molecule has 10 heteroatoms. The van der Waals surface area contributed by atoms with E-state index in [1.807, 2.05) is 35.9 Å². The number of alkyl halides is 3. The minimum atomic E-state index is -4.55. The van der Waals surface area contributed by atoms with Gasteiger partial charge in [-0.3, -0.25) is 5.10 Å². The number of halogens is 3. The SMILES string of the molecule is CNCc1nc(C(F)(F)F)cc2c(-c3cccc([C@H](c4nncn4C)C4CCC4)c3)n[nH]c12. The van der Waals surface area contributed by atoms with Crippen molar-refractivity contribution in [3.8, 4) is 11.3 Å². The fraction of sp³-hybridized carbons (Fsp3) is 0.391. The first-order valence-electron chi connectivity index (χ1n) is 10.9. The van der Waals surface area contributed by atoms with Gasteiger partial charge >= 0.3 is 6.18 Å². The molecule has 7 nitrogen and oxygen atoms in total. The van der Waals surface area contributed by atoms with Gasteiger partial charge in [-0.1, -0.05) is 24.6 Å². The van der Waals surface area contributed by atoms with Crippen molar-refractivity contribution in [2.75, 3.05) is 7.05 Å². The van der Waals surface area contributed by atoms with Gasteiger partial charge in [-0.05, 0) is 43.5 Å². The molecular weight excluding hydrogens is 431 g/mol. The van der Waals surface area contributed by atoms with Crippen molar-refractivity contribution < 1.29 is 13.2 Å². The Bertz CT molecular complexity index is 1290. The summed E-state index contributed by atoms with van der Waals surface area (Å²) in [5.41, 5.74) is 2.14. The summed E-state index contributed by atoms with van der Waals surface area (Å²) in [6.45, 7) is 0.192. The van der Waals surface area contributed by atoms with E-state index in [0.29, 0.717) is 22.5 Å². The van der Waals surface area contributed by atoms with E-state index >= 15 is 0 Å². The third kappa shape index (κ3) is 3.88. The molecule has 0 spiro atoms. The van der Waals surface area contributed by atoms with Crippen LogP contribution in [0.3, 0.4) is 0 Å². The smallest absolute Gasteiger partial charge is 0.320 e. The van der Waals surface area contributed by atoms with Gasteiger partial charge in [0.25, 0.3) is 0 Å². The van der Waals surface area contributed by atoms with Crippen LogP contribution in [0.2, 0.25) is 0 Å². The Labute approximate surface area is 188 Å². The van der Waals surface area contributed by atoms with Crippen LogP contribution in [0.5, 0.6) is 0 Å². The van der Waals surface area contributed by atoms with Crippen LogP contribution in [0, 0.1) is 5.92 Å². The Morgan fingerprint density at radius 2 is 2.06 bits per heavy atom. The molecule has 1 aliphatic carbocycles. The average molecular weight is 455 g/mol. The van der Waals surface area contributed by atoms with E-state index in [-0.39, 0.29) is 18.2 Å². The normalized spacial score (nSPS) is 15.7. The number of aryl methyl sites for hydroxylation is 1. The number of fused-ring (bicyclic) bond motifs is 1. The summed E-state index contributed by atoms with van der Waals surface area (Å²) >= 11 is 0. The Morgan fingerprint density at radius 1 is 1.24 bits per heavy atom. The van der Waals surface area contributed by atoms with Gasteiger partial charge in [0.05, 0.1) is 11.2 Å². The number of hydrogen-bond acceptors (Lipinski definition) is 5. The lowest BCUT2D eigenvalue weighted by atomic mass is 9.72. The van der Waals surface area contributed by atoms with Crippen LogP contribution in [0.4, 0.5) is 13.2 Å². The highest BCUT2D eigenvalue weighted by Crippen LogP contribution is 2.43. The molecule has 33 heavy (non-hydrogen) atoms. The summed E-state index contributed by atoms with van der Waals surface area (Å²) in [5.74, 6) is 1.43. The number of H-pyrrole nitrogens is 1. The van der Waals surface area contributed by atoms with E-state index in [1.165, 1.54) is 6.42 Å². The summed E-state index contributed by atoms with van der Waals surface area (Å²) in [7, 11) is 3.60. The van der Waals surface area contributed by atoms with Gasteiger partial charge in [0, 0.05) is 30.5 Å². The van der Waals surface area contributed by atoms with Crippen molar-refractivity contribution in [3.63, 3.8) is 0 Å². The molecule has 1 aromatic carbocycles. The molecule has 1 aliphatic rings. The van der Waals surface area contributed by atoms with Crippen LogP contribution >= 0.6 is 0 Å². The average Bonchev–Trinajstić information content (AvgIpc) is 3.36. The van der Waals surface area contributed by atoms with Crippen molar-refractivity contribution in [3.05, 3.63) is 59.4 Å². The molecule has 3 aromatic heterocycles. The maximum Gasteiger partial charge on any atom is 0.433 e. The van der Waals surface area contributed by atoms with Crippen LogP contribution in [0.15, 0.2) is 36.7 Å². The second kappa shape index (κ2) is 8.26. The molecule has 0 radical (unpaired) electrons. The number of aromatic amines is 1. The summed E-state index contributed by atoms with van der Waals surface area (Å²) in [6.07, 6.45) is 0.557. The molecule has 2 N–H and O–H groups in total. The molecule has 0 bridgehead atoms. The van der Waals surface area contributed by atoms with E-state index in [1.54, 1.807) is 13.4 Å². The molecule has 0 amide bonds. The van der Waals surface area contributed by atoms with Crippen molar-refractivity contribution in [2.24, 2.45) is 13.0 Å². The fourth-order valence-electron chi connectivity index (χ4n) is 4.60. The van der Waals surface area contributed by atoms with Gasteiger partial charge in [0.2, 0.25) is 0 Å². The minimum Gasteiger partial charge on any atom is -0.320 e. The predicted molar refractivity (Wildman–Crippen MR) is 117 cm³/mol. The molecule has 0 unspecified atom stereocenters. The van der Waals surface area contributed by atoms with E-state index in [2.05, 4.69) is 30.7 Å². The number of benzene rings is 1. The monoisotopic (exact) mass is 455 g/mol. The molecule has 1 atom stereocenters. The molecule has 0 saturated heterocycles. The Hall–Kier alpha value is -3.27. The van der Waals surface area contributed by atoms with E-state index in [9.17, 15) is 13.2 Å². The van der Waals surface area contributed by atoms with E-state index < -0.39 is 11.9 Å². The first-order valence-corrected chi connectivity index (χ1v) is 10.9. The Morgan fingerprint density at radius 3 is 2.70 bits per heavy atom. The van der Waals surface area contributed by atoms with Crippen LogP contribution in [0.25, 0.3) is 22.2 Å². The van der Waals surface area contributed by atoms with E-state index in [4.69, 9.17) is 0 Å². The Balaban J connectivity index is 1.63. The second-order valence-electron chi connectivity index (χ2n) is 8.57. The highest BCUT2D eigenvalue weighted by molar-refractivity contribution is 5.94. The molecular formula is C23H24F3N7. The lowest BCUT2D eigenvalue weighted by Gasteiger charge is -2.33. The number of aromatic nitrogens is 6. The van der Waals surface area contributed by atoms with Crippen molar-refractivity contribution in [1.29, 1.82) is 0 Å². The van der Waals surface area contributed by atoms with Gasteiger partial charge < -0.3 is 9.88 Å². The third-order valence-electron chi connectivity index (χ3n) is 6.43. The molecule has 1 fully saturated rings. The fourth-order valence-corrected chi connectivity index (χ4v) is 4.60. The molecule has 4 aromatic rings. The number of hydrogen-bond donors (Lipinski definition) is 2. The second-order valence-corrected chi connectivity index (χ2v) is 8.57. The number of rotatable bonds is 6. The number of nitrogens with one attached hydrogen (secondary N) is 2. The predicted octanol–water partition coefficient (Wildman–Crippen LogP) is 4.42. The Kier molecular flexibility index (Phi) is 5.40. The highest BCUT2D eigenvalue weighted by Gasteiger charge is 2.35. The molecule has 1 saturated carbocycles. The van der Waals surface area contributed by atoms with Crippen molar-refractivity contribution in [2.45, 2.75) is 37.9 Å². The zero-order chi connectivity index (χ0) is 23.2. The highest BCUT2D eigenvalue weighted by atomic mass is 19.4. The maximum atomic E-state index is 13.5. The molecule has 172 valence electrons. The standard InChI is InChI=1S/C23H24F3N7/c1-27-11-17-21-16(10-18(29-17)23(24,25)26)20(30-31-21)15-8-4-7-14(9-15)19(13-5-3-6-13)22-32-28-12-33(22)2/h4,7-10,12-13,19,27H,3,5-6,11H2,1-2H3,(H,30,31)/t19-/m1/s1.